The Morgan fingerprint density at radius 1 is 1.22 bits per heavy atom. The minimum atomic E-state index is -3.22. The summed E-state index contributed by atoms with van der Waals surface area (Å²) in [6.45, 7) is 4.33. The maximum Gasteiger partial charge on any atom is 0.251 e. The van der Waals surface area contributed by atoms with Gasteiger partial charge in [-0.1, -0.05) is 31.9 Å². The zero-order valence-electron chi connectivity index (χ0n) is 13.8. The highest BCUT2D eigenvalue weighted by Crippen LogP contribution is 2.07. The van der Waals surface area contributed by atoms with Gasteiger partial charge in [-0.2, -0.15) is 0 Å². The molecule has 1 unspecified atom stereocenters. The molecule has 130 valence electrons. The van der Waals surface area contributed by atoms with Gasteiger partial charge >= 0.3 is 0 Å². The molecule has 6 nitrogen and oxygen atoms in total. The van der Waals surface area contributed by atoms with Crippen LogP contribution in [0.2, 0.25) is 0 Å². The molecule has 1 aromatic carbocycles. The summed E-state index contributed by atoms with van der Waals surface area (Å²) in [5, 5.41) is 2.93. The lowest BCUT2D eigenvalue weighted by Gasteiger charge is -2.16. The van der Waals surface area contributed by atoms with E-state index in [2.05, 4.69) is 17.0 Å². The first-order chi connectivity index (χ1) is 10.9. The Hall–Kier alpha value is -1.44. The van der Waals surface area contributed by atoms with Gasteiger partial charge in [-0.15, -0.1) is 0 Å². The molecule has 4 N–H and O–H groups in total. The van der Waals surface area contributed by atoms with Crippen molar-refractivity contribution in [2.45, 2.75) is 45.7 Å². The molecule has 0 spiro atoms. The molecule has 1 rings (SSSR count). The van der Waals surface area contributed by atoms with Gasteiger partial charge in [-0.05, 0) is 31.0 Å². The van der Waals surface area contributed by atoms with E-state index >= 15 is 0 Å². The molecule has 1 amide bonds. The number of sulfonamides is 1. The van der Waals surface area contributed by atoms with Crippen molar-refractivity contribution in [2.24, 2.45) is 5.73 Å². The normalized spacial score (nSPS) is 12.8. The van der Waals surface area contributed by atoms with Gasteiger partial charge in [0.25, 0.3) is 5.91 Å². The Balaban J connectivity index is 2.59. The van der Waals surface area contributed by atoms with E-state index in [0.29, 0.717) is 12.1 Å². The van der Waals surface area contributed by atoms with Crippen LogP contribution >= 0.6 is 0 Å². The topological polar surface area (TPSA) is 101 Å². The van der Waals surface area contributed by atoms with Gasteiger partial charge in [0.15, 0.2) is 0 Å². The third-order valence-electron chi connectivity index (χ3n) is 3.62. The molecule has 0 saturated heterocycles. The summed E-state index contributed by atoms with van der Waals surface area (Å²) in [6.07, 6.45) is 2.96. The van der Waals surface area contributed by atoms with Gasteiger partial charge in [0, 0.05) is 24.7 Å². The van der Waals surface area contributed by atoms with E-state index in [1.54, 1.807) is 31.2 Å². The fourth-order valence-electron chi connectivity index (χ4n) is 2.04. The zero-order chi connectivity index (χ0) is 17.3. The highest BCUT2D eigenvalue weighted by atomic mass is 32.2. The highest BCUT2D eigenvalue weighted by Gasteiger charge is 2.12. The minimum absolute atomic E-state index is 0.0153. The first-order valence-corrected chi connectivity index (χ1v) is 9.64. The molecule has 1 aromatic rings. The summed E-state index contributed by atoms with van der Waals surface area (Å²) >= 11 is 0. The molecule has 0 radical (unpaired) electrons. The van der Waals surface area contributed by atoms with Crippen molar-refractivity contribution in [3.63, 3.8) is 0 Å². The van der Waals surface area contributed by atoms with Gasteiger partial charge in [-0.3, -0.25) is 4.79 Å². The van der Waals surface area contributed by atoms with Crippen LogP contribution in [0.3, 0.4) is 0 Å². The number of amides is 1. The lowest BCUT2D eigenvalue weighted by atomic mass is 10.1. The Kier molecular flexibility index (Phi) is 8.22. The van der Waals surface area contributed by atoms with Gasteiger partial charge in [0.05, 0.1) is 5.75 Å². The summed E-state index contributed by atoms with van der Waals surface area (Å²) in [4.78, 5) is 12.2. The number of carbonyl (C=O) groups is 1. The second kappa shape index (κ2) is 9.64. The van der Waals surface area contributed by atoms with E-state index in [-0.39, 0.29) is 24.2 Å². The molecule has 23 heavy (non-hydrogen) atoms. The number of unbranched alkanes of at least 4 members (excludes halogenated alkanes) is 1. The molecule has 7 heteroatoms. The van der Waals surface area contributed by atoms with Crippen LogP contribution < -0.4 is 15.8 Å². The molecule has 0 aliphatic heterocycles. The van der Waals surface area contributed by atoms with E-state index < -0.39 is 10.0 Å². The van der Waals surface area contributed by atoms with Crippen LogP contribution in [0.4, 0.5) is 0 Å². The standard InChI is InChI=1S/C16H27N3O3S/c1-3-5-6-15(11-17)19-16(20)14-9-7-13(8-10-14)12-18-23(21,22)4-2/h7-10,15,18H,3-6,11-12,17H2,1-2H3,(H,19,20). The summed E-state index contributed by atoms with van der Waals surface area (Å²) in [5.41, 5.74) is 7.03. The van der Waals surface area contributed by atoms with Crippen molar-refractivity contribution in [1.29, 1.82) is 0 Å². The zero-order valence-corrected chi connectivity index (χ0v) is 14.7. The van der Waals surface area contributed by atoms with E-state index in [1.807, 2.05) is 0 Å². The number of nitrogens with one attached hydrogen (secondary N) is 2. The van der Waals surface area contributed by atoms with Crippen molar-refractivity contribution in [1.82, 2.24) is 10.0 Å². The molecule has 0 saturated carbocycles. The molecular weight excluding hydrogens is 314 g/mol. The molecule has 0 aromatic heterocycles. The largest absolute Gasteiger partial charge is 0.348 e. The third-order valence-corrected chi connectivity index (χ3v) is 4.96. The third kappa shape index (κ3) is 7.11. The van der Waals surface area contributed by atoms with Crippen LogP contribution in [0.25, 0.3) is 0 Å². The Morgan fingerprint density at radius 3 is 2.39 bits per heavy atom. The second-order valence-corrected chi connectivity index (χ2v) is 7.57. The Bertz CT molecular complexity index is 585. The quantitative estimate of drug-likeness (QED) is 0.598. The van der Waals surface area contributed by atoms with E-state index in [0.717, 1.165) is 24.8 Å². The summed E-state index contributed by atoms with van der Waals surface area (Å²) in [5.74, 6) is -0.108. The number of carbonyl (C=O) groups excluding carboxylic acids is 1. The predicted octanol–water partition coefficient (Wildman–Crippen LogP) is 1.37. The molecular formula is C16H27N3O3S. The average Bonchev–Trinajstić information content (AvgIpc) is 2.57. The summed E-state index contributed by atoms with van der Waals surface area (Å²) in [7, 11) is -3.22. The fourth-order valence-corrected chi connectivity index (χ4v) is 2.63. The number of benzene rings is 1. The first-order valence-electron chi connectivity index (χ1n) is 7.99. The van der Waals surface area contributed by atoms with Crippen molar-refractivity contribution in [3.8, 4) is 0 Å². The van der Waals surface area contributed by atoms with Gasteiger partial charge in [0.2, 0.25) is 10.0 Å². The SMILES string of the molecule is CCCCC(CN)NC(=O)c1ccc(CNS(=O)(=O)CC)cc1. The number of hydrogen-bond donors (Lipinski definition) is 3. The van der Waals surface area contributed by atoms with Crippen LogP contribution in [0.15, 0.2) is 24.3 Å². The van der Waals surface area contributed by atoms with Crippen LogP contribution in [0, 0.1) is 0 Å². The molecule has 0 aliphatic rings. The van der Waals surface area contributed by atoms with Crippen LogP contribution in [0.5, 0.6) is 0 Å². The first kappa shape index (κ1) is 19.6. The van der Waals surface area contributed by atoms with Crippen molar-refractivity contribution in [2.75, 3.05) is 12.3 Å². The minimum Gasteiger partial charge on any atom is -0.348 e. The number of nitrogens with two attached hydrogens (primary N) is 1. The Labute approximate surface area is 138 Å². The lowest BCUT2D eigenvalue weighted by molar-refractivity contribution is 0.0935. The van der Waals surface area contributed by atoms with E-state index in [1.165, 1.54) is 0 Å². The summed E-state index contributed by atoms with van der Waals surface area (Å²) in [6, 6.07) is 6.86. The van der Waals surface area contributed by atoms with E-state index in [4.69, 9.17) is 5.73 Å². The van der Waals surface area contributed by atoms with Crippen molar-refractivity contribution < 1.29 is 13.2 Å². The summed E-state index contributed by atoms with van der Waals surface area (Å²) < 4.78 is 25.3. The lowest BCUT2D eigenvalue weighted by Crippen LogP contribution is -2.40. The fraction of sp³-hybridized carbons (Fsp3) is 0.562. The van der Waals surface area contributed by atoms with Crippen molar-refractivity contribution in [3.05, 3.63) is 35.4 Å². The number of rotatable bonds is 10. The smallest absolute Gasteiger partial charge is 0.251 e. The average molecular weight is 341 g/mol. The van der Waals surface area contributed by atoms with Crippen LogP contribution in [-0.4, -0.2) is 32.7 Å². The van der Waals surface area contributed by atoms with Gasteiger partial charge < -0.3 is 11.1 Å². The molecule has 0 aliphatic carbocycles. The monoisotopic (exact) mass is 341 g/mol. The maximum absolute atomic E-state index is 12.2. The number of hydrogen-bond acceptors (Lipinski definition) is 4. The maximum atomic E-state index is 12.2. The molecule has 1 atom stereocenters. The molecule has 0 bridgehead atoms. The van der Waals surface area contributed by atoms with Gasteiger partial charge in [-0.25, -0.2) is 13.1 Å². The van der Waals surface area contributed by atoms with Crippen molar-refractivity contribution >= 4 is 15.9 Å². The molecule has 0 heterocycles. The van der Waals surface area contributed by atoms with Gasteiger partial charge in [0.1, 0.15) is 0 Å². The van der Waals surface area contributed by atoms with Crippen LogP contribution in [-0.2, 0) is 16.6 Å². The second-order valence-electron chi connectivity index (χ2n) is 5.47. The highest BCUT2D eigenvalue weighted by molar-refractivity contribution is 7.89. The molecule has 0 fully saturated rings. The predicted molar refractivity (Wildman–Crippen MR) is 92.6 cm³/mol. The van der Waals surface area contributed by atoms with E-state index in [9.17, 15) is 13.2 Å². The Morgan fingerprint density at radius 2 is 1.87 bits per heavy atom. The van der Waals surface area contributed by atoms with Crippen LogP contribution in [0.1, 0.15) is 49.0 Å².